The van der Waals surface area contributed by atoms with Gasteiger partial charge in [-0.05, 0) is 42.5 Å². The van der Waals surface area contributed by atoms with Crippen LogP contribution >= 0.6 is 57.7 Å². The van der Waals surface area contributed by atoms with E-state index < -0.39 is 4.92 Å². The lowest BCUT2D eigenvalue weighted by Crippen LogP contribution is -2.11. The smallest absolute Gasteiger partial charge is 0.400 e. The van der Waals surface area contributed by atoms with Crippen LogP contribution < -0.4 is 4.80 Å². The van der Waals surface area contributed by atoms with E-state index in [0.29, 0.717) is 41.8 Å². The molecule has 0 atom stereocenters. The van der Waals surface area contributed by atoms with Crippen molar-refractivity contribution >= 4 is 75.5 Å². The molecule has 4 rings (SSSR count). The monoisotopic (exact) mass is 526 g/mol. The largest absolute Gasteiger partial charge is 0.433 e. The van der Waals surface area contributed by atoms with Crippen molar-refractivity contribution in [1.29, 1.82) is 0 Å². The van der Waals surface area contributed by atoms with E-state index in [-0.39, 0.29) is 11.6 Å². The molecule has 0 aliphatic carbocycles. The summed E-state index contributed by atoms with van der Waals surface area (Å²) in [6, 6.07) is 12.7. The Balaban J connectivity index is 1.86. The van der Waals surface area contributed by atoms with Crippen molar-refractivity contribution in [2.45, 2.75) is 0 Å². The zero-order valence-corrected chi connectivity index (χ0v) is 19.5. The molecule has 0 aliphatic rings. The maximum absolute atomic E-state index is 10.9. The number of nitrogens with zero attached hydrogens (tertiary/aromatic N) is 4. The average molecular weight is 528 g/mol. The molecule has 0 unspecified atom stereocenters. The molecule has 0 bridgehead atoms. The van der Waals surface area contributed by atoms with E-state index in [1.165, 1.54) is 34.4 Å². The molecule has 0 fully saturated rings. The van der Waals surface area contributed by atoms with Gasteiger partial charge in [-0.3, -0.25) is 10.1 Å². The molecular formula is C20H10Cl4N4O3S. The molecule has 4 aromatic rings. The fourth-order valence-corrected chi connectivity index (χ4v) is 4.18. The maximum atomic E-state index is 10.9. The van der Waals surface area contributed by atoms with Crippen LogP contribution in [0.2, 0.25) is 20.1 Å². The third kappa shape index (κ3) is 4.90. The number of nitro groups is 1. The van der Waals surface area contributed by atoms with Crippen molar-refractivity contribution in [3.63, 3.8) is 0 Å². The third-order valence-electron chi connectivity index (χ3n) is 4.11. The molecule has 0 saturated carbocycles. The second-order valence-corrected chi connectivity index (χ2v) is 8.72. The number of hydrogen-bond donors (Lipinski definition) is 0. The Labute approximate surface area is 204 Å². The maximum Gasteiger partial charge on any atom is 0.433 e. The zero-order chi connectivity index (χ0) is 22.8. The van der Waals surface area contributed by atoms with Crippen LogP contribution in [0.5, 0.6) is 0 Å². The summed E-state index contributed by atoms with van der Waals surface area (Å²) in [6.45, 7) is 0. The molecule has 162 valence electrons. The van der Waals surface area contributed by atoms with Crippen molar-refractivity contribution in [2.75, 3.05) is 0 Å². The number of halogens is 4. The standard InChI is InChI=1S/C20H10Cl4N4O3S/c21-11-1-4-15(22)14(7-11)18-10-32-20(26-12-2-5-16(23)17(24)8-12)27(18)25-9-13-3-6-19(31-13)28(29)30/h1-10H. The highest BCUT2D eigenvalue weighted by molar-refractivity contribution is 7.07. The summed E-state index contributed by atoms with van der Waals surface area (Å²) in [5.41, 5.74) is 1.80. The van der Waals surface area contributed by atoms with E-state index in [1.54, 1.807) is 36.4 Å². The molecular weight excluding hydrogens is 518 g/mol. The summed E-state index contributed by atoms with van der Waals surface area (Å²) in [5.74, 6) is -0.195. The van der Waals surface area contributed by atoms with E-state index in [0.717, 1.165) is 0 Å². The molecule has 12 heteroatoms. The van der Waals surface area contributed by atoms with Gasteiger partial charge >= 0.3 is 5.88 Å². The van der Waals surface area contributed by atoms with Gasteiger partial charge in [0.05, 0.1) is 38.7 Å². The lowest BCUT2D eigenvalue weighted by atomic mass is 10.2. The van der Waals surface area contributed by atoms with Crippen LogP contribution in [0.3, 0.4) is 0 Å². The van der Waals surface area contributed by atoms with Crippen LogP contribution in [0.15, 0.2) is 68.4 Å². The molecule has 0 spiro atoms. The van der Waals surface area contributed by atoms with Gasteiger partial charge in [-0.1, -0.05) is 46.4 Å². The molecule has 2 aromatic carbocycles. The Morgan fingerprint density at radius 1 is 1.00 bits per heavy atom. The summed E-state index contributed by atoms with van der Waals surface area (Å²) < 4.78 is 6.68. The number of benzene rings is 2. The van der Waals surface area contributed by atoms with Crippen molar-refractivity contribution in [2.24, 2.45) is 10.1 Å². The molecule has 0 amide bonds. The first-order valence-corrected chi connectivity index (χ1v) is 11.2. The Kier molecular flexibility index (Phi) is 6.68. The van der Waals surface area contributed by atoms with Gasteiger partial charge in [0.1, 0.15) is 4.92 Å². The van der Waals surface area contributed by atoms with E-state index >= 15 is 0 Å². The second kappa shape index (κ2) is 9.48. The lowest BCUT2D eigenvalue weighted by molar-refractivity contribution is -0.402. The minimum Gasteiger partial charge on any atom is -0.400 e. The fraction of sp³-hybridized carbons (Fsp3) is 0. The van der Waals surface area contributed by atoms with Gasteiger partial charge in [0, 0.05) is 16.0 Å². The minimum absolute atomic E-state index is 0.194. The molecule has 2 aromatic heterocycles. The number of furan rings is 1. The van der Waals surface area contributed by atoms with Gasteiger partial charge in [0.15, 0.2) is 5.76 Å². The normalized spacial score (nSPS) is 12.1. The Hall–Kier alpha value is -2.62. The number of thiazole rings is 1. The summed E-state index contributed by atoms with van der Waals surface area (Å²) >= 11 is 25.9. The number of aromatic nitrogens is 1. The zero-order valence-electron chi connectivity index (χ0n) is 15.7. The SMILES string of the molecule is O=[N+]([O-])c1ccc(C=Nn2c(-c3cc(Cl)ccc3Cl)csc2=Nc2ccc(Cl)c(Cl)c2)o1. The quantitative estimate of drug-likeness (QED) is 0.153. The van der Waals surface area contributed by atoms with Gasteiger partial charge in [0.2, 0.25) is 4.80 Å². The van der Waals surface area contributed by atoms with Crippen LogP contribution in [0, 0.1) is 10.1 Å². The van der Waals surface area contributed by atoms with E-state index in [9.17, 15) is 10.1 Å². The first-order chi connectivity index (χ1) is 15.3. The molecule has 32 heavy (non-hydrogen) atoms. The Morgan fingerprint density at radius 2 is 1.78 bits per heavy atom. The second-order valence-electron chi connectivity index (χ2n) is 6.23. The first-order valence-electron chi connectivity index (χ1n) is 8.76. The molecule has 0 aliphatic heterocycles. The van der Waals surface area contributed by atoms with Crippen molar-refractivity contribution < 1.29 is 9.34 Å². The van der Waals surface area contributed by atoms with Crippen LogP contribution in [0.4, 0.5) is 11.6 Å². The van der Waals surface area contributed by atoms with Crippen molar-refractivity contribution in [3.8, 4) is 11.3 Å². The van der Waals surface area contributed by atoms with Gasteiger partial charge in [-0.2, -0.15) is 5.10 Å². The van der Waals surface area contributed by atoms with Crippen LogP contribution in [-0.2, 0) is 0 Å². The third-order valence-corrected chi connectivity index (χ3v) is 6.23. The Bertz CT molecular complexity index is 1420. The van der Waals surface area contributed by atoms with Crippen molar-refractivity contribution in [3.05, 3.63) is 94.7 Å². The predicted octanol–water partition coefficient (Wildman–Crippen LogP) is 7.45. The highest BCUT2D eigenvalue weighted by Crippen LogP contribution is 2.31. The van der Waals surface area contributed by atoms with Gasteiger partial charge in [-0.15, -0.1) is 11.3 Å². The van der Waals surface area contributed by atoms with Crippen molar-refractivity contribution in [1.82, 2.24) is 4.68 Å². The molecule has 7 nitrogen and oxygen atoms in total. The summed E-state index contributed by atoms with van der Waals surface area (Å²) in [7, 11) is 0. The first kappa shape index (κ1) is 22.6. The summed E-state index contributed by atoms with van der Waals surface area (Å²) in [5, 5.41) is 18.8. The summed E-state index contributed by atoms with van der Waals surface area (Å²) in [6.07, 6.45) is 1.34. The van der Waals surface area contributed by atoms with Gasteiger partial charge in [0.25, 0.3) is 0 Å². The Morgan fingerprint density at radius 3 is 2.50 bits per heavy atom. The van der Waals surface area contributed by atoms with Gasteiger partial charge < -0.3 is 4.42 Å². The molecule has 0 N–H and O–H groups in total. The van der Waals surface area contributed by atoms with Crippen LogP contribution in [0.25, 0.3) is 11.3 Å². The molecule has 0 radical (unpaired) electrons. The van der Waals surface area contributed by atoms with Crippen LogP contribution in [-0.4, -0.2) is 15.8 Å². The highest BCUT2D eigenvalue weighted by atomic mass is 35.5. The molecule has 0 saturated heterocycles. The van der Waals surface area contributed by atoms with Gasteiger partial charge in [-0.25, -0.2) is 9.67 Å². The average Bonchev–Trinajstić information content (AvgIpc) is 3.38. The minimum atomic E-state index is -0.628. The highest BCUT2D eigenvalue weighted by Gasteiger charge is 2.14. The van der Waals surface area contributed by atoms with E-state index in [1.807, 2.05) is 5.38 Å². The number of hydrogen-bond acceptors (Lipinski definition) is 6. The predicted molar refractivity (Wildman–Crippen MR) is 128 cm³/mol. The lowest BCUT2D eigenvalue weighted by Gasteiger charge is -2.06. The fourth-order valence-electron chi connectivity index (χ4n) is 2.66. The van der Waals surface area contributed by atoms with E-state index in [2.05, 4.69) is 10.1 Å². The summed E-state index contributed by atoms with van der Waals surface area (Å²) in [4.78, 5) is 15.3. The number of rotatable bonds is 5. The van der Waals surface area contributed by atoms with E-state index in [4.69, 9.17) is 50.8 Å². The topological polar surface area (TPSA) is 85.9 Å². The molecule has 2 heterocycles. The van der Waals surface area contributed by atoms with Crippen LogP contribution in [0.1, 0.15) is 5.76 Å².